The summed E-state index contributed by atoms with van der Waals surface area (Å²) in [7, 11) is 0. The molecule has 0 radical (unpaired) electrons. The summed E-state index contributed by atoms with van der Waals surface area (Å²) in [6, 6.07) is 4.04. The van der Waals surface area contributed by atoms with Crippen molar-refractivity contribution in [3.63, 3.8) is 0 Å². The maximum absolute atomic E-state index is 10.9. The Kier molecular flexibility index (Phi) is 8.30. The van der Waals surface area contributed by atoms with Gasteiger partial charge in [-0.25, -0.2) is 0 Å². The largest absolute Gasteiger partial charge is 0.294 e. The second kappa shape index (κ2) is 9.16. The molecule has 1 rings (SSSR count). The maximum Gasteiger partial charge on any atom is 0.162 e. The monoisotopic (exact) mass is 220 g/mol. The van der Waals surface area contributed by atoms with Crippen molar-refractivity contribution < 1.29 is 4.79 Å². The molecule has 0 spiro atoms. The molecule has 0 aliphatic rings. The minimum Gasteiger partial charge on any atom is -0.294 e. The minimum absolute atomic E-state index is 0.106. The zero-order valence-corrected chi connectivity index (χ0v) is 9.80. The van der Waals surface area contributed by atoms with E-state index in [1.807, 2.05) is 29.8 Å². The van der Waals surface area contributed by atoms with Crippen molar-refractivity contribution in [3.8, 4) is 0 Å². The second-order valence-corrected chi connectivity index (χ2v) is 3.45. The molecular formula is C13H16OS. The first-order chi connectivity index (χ1) is 7.26. The van der Waals surface area contributed by atoms with E-state index in [-0.39, 0.29) is 5.78 Å². The van der Waals surface area contributed by atoms with E-state index in [1.54, 1.807) is 29.6 Å². The van der Waals surface area contributed by atoms with Gasteiger partial charge in [-0.2, -0.15) is 11.3 Å². The Bertz CT molecular complexity index is 303. The van der Waals surface area contributed by atoms with E-state index in [0.29, 0.717) is 12.0 Å². The summed E-state index contributed by atoms with van der Waals surface area (Å²) in [5, 5.41) is 4.08. The summed E-state index contributed by atoms with van der Waals surface area (Å²) in [5.41, 5.74) is 0.637. The molecule has 0 N–H and O–H groups in total. The van der Waals surface area contributed by atoms with Crippen LogP contribution in [0.1, 0.15) is 13.3 Å². The Labute approximate surface area is 95.5 Å². The Balaban J connectivity index is 0.000000322. The number of carbonyl (C=O) groups excluding carboxylic acids is 1. The molecule has 0 aliphatic heterocycles. The lowest BCUT2D eigenvalue weighted by molar-refractivity contribution is -0.114. The number of ketones is 1. The third-order valence-electron chi connectivity index (χ3n) is 1.59. The van der Waals surface area contributed by atoms with Crippen LogP contribution in [0.2, 0.25) is 0 Å². The van der Waals surface area contributed by atoms with Gasteiger partial charge in [0.1, 0.15) is 0 Å². The highest BCUT2D eigenvalue weighted by Crippen LogP contribution is 2.00. The maximum atomic E-state index is 10.9. The van der Waals surface area contributed by atoms with E-state index in [9.17, 15) is 4.79 Å². The molecule has 0 bridgehead atoms. The number of thiophene rings is 1. The molecule has 1 nitrogen and oxygen atoms in total. The van der Waals surface area contributed by atoms with Gasteiger partial charge in [-0.15, -0.1) is 0 Å². The van der Waals surface area contributed by atoms with Crippen LogP contribution in [0.5, 0.6) is 0 Å². The van der Waals surface area contributed by atoms with E-state index < -0.39 is 0 Å². The Morgan fingerprint density at radius 3 is 2.20 bits per heavy atom. The summed E-state index contributed by atoms with van der Waals surface area (Å²) < 4.78 is 0. The zero-order chi connectivity index (χ0) is 11.5. The lowest BCUT2D eigenvalue weighted by Gasteiger charge is -1.93. The summed E-state index contributed by atoms with van der Waals surface area (Å²) in [6.07, 6.45) is 5.32. The SMILES string of the molecule is C=C/C=C(\C=C)C(=O)CC.c1ccsc1. The van der Waals surface area contributed by atoms with Crippen LogP contribution in [0.15, 0.2) is 59.9 Å². The molecule has 0 atom stereocenters. The normalized spacial score (nSPS) is 9.80. The van der Waals surface area contributed by atoms with Crippen molar-refractivity contribution in [1.29, 1.82) is 0 Å². The number of carbonyl (C=O) groups is 1. The van der Waals surface area contributed by atoms with Crippen molar-refractivity contribution in [2.45, 2.75) is 13.3 Å². The van der Waals surface area contributed by atoms with Crippen molar-refractivity contribution in [2.75, 3.05) is 0 Å². The smallest absolute Gasteiger partial charge is 0.162 e. The van der Waals surface area contributed by atoms with Crippen molar-refractivity contribution in [2.24, 2.45) is 0 Å². The van der Waals surface area contributed by atoms with Crippen LogP contribution in [-0.2, 0) is 4.79 Å². The fourth-order valence-corrected chi connectivity index (χ4v) is 1.29. The molecule has 0 saturated heterocycles. The van der Waals surface area contributed by atoms with E-state index in [0.717, 1.165) is 0 Å². The first kappa shape index (κ1) is 13.6. The van der Waals surface area contributed by atoms with Gasteiger partial charge in [0, 0.05) is 12.0 Å². The van der Waals surface area contributed by atoms with Gasteiger partial charge in [-0.05, 0) is 10.8 Å². The third-order valence-corrected chi connectivity index (χ3v) is 2.21. The lowest BCUT2D eigenvalue weighted by Crippen LogP contribution is -1.96. The molecule has 0 fully saturated rings. The van der Waals surface area contributed by atoms with Gasteiger partial charge in [-0.3, -0.25) is 4.79 Å². The Morgan fingerprint density at radius 1 is 1.33 bits per heavy atom. The molecule has 1 aromatic heterocycles. The number of hydrogen-bond acceptors (Lipinski definition) is 2. The van der Waals surface area contributed by atoms with E-state index in [2.05, 4.69) is 13.2 Å². The minimum atomic E-state index is 0.106. The predicted octanol–water partition coefficient (Wildman–Crippen LogP) is 4.01. The molecule has 80 valence electrons. The standard InChI is InChI=1S/C9H12O.C4H4S/c1-4-7-8(5-2)9(10)6-3;1-2-4-5-3-1/h4-5,7H,1-2,6H2,3H3;1-4H/b8-7+;. The summed E-state index contributed by atoms with van der Waals surface area (Å²) in [4.78, 5) is 10.9. The van der Waals surface area contributed by atoms with Crippen LogP contribution in [0.4, 0.5) is 0 Å². The molecule has 1 heterocycles. The van der Waals surface area contributed by atoms with Crippen LogP contribution in [0, 0.1) is 0 Å². The van der Waals surface area contributed by atoms with Gasteiger partial charge >= 0.3 is 0 Å². The van der Waals surface area contributed by atoms with Crippen LogP contribution in [-0.4, -0.2) is 5.78 Å². The lowest BCUT2D eigenvalue weighted by atomic mass is 10.1. The van der Waals surface area contributed by atoms with Gasteiger partial charge in [0.25, 0.3) is 0 Å². The van der Waals surface area contributed by atoms with E-state index in [4.69, 9.17) is 0 Å². The Morgan fingerprint density at radius 2 is 1.93 bits per heavy atom. The van der Waals surface area contributed by atoms with Gasteiger partial charge in [0.15, 0.2) is 5.78 Å². The summed E-state index contributed by atoms with van der Waals surface area (Å²) >= 11 is 1.71. The zero-order valence-electron chi connectivity index (χ0n) is 8.98. The highest BCUT2D eigenvalue weighted by Gasteiger charge is 1.99. The average Bonchev–Trinajstić information content (AvgIpc) is 2.83. The number of Topliss-reactive ketones (excluding diaryl/α,β-unsaturated/α-hetero) is 1. The van der Waals surface area contributed by atoms with Gasteiger partial charge in [0.2, 0.25) is 0 Å². The van der Waals surface area contributed by atoms with Crippen molar-refractivity contribution >= 4 is 17.1 Å². The molecular weight excluding hydrogens is 204 g/mol. The number of rotatable bonds is 4. The molecule has 0 saturated carbocycles. The van der Waals surface area contributed by atoms with Gasteiger partial charge in [-0.1, -0.05) is 50.4 Å². The predicted molar refractivity (Wildman–Crippen MR) is 68.1 cm³/mol. The van der Waals surface area contributed by atoms with Crippen LogP contribution in [0.25, 0.3) is 0 Å². The first-order valence-corrected chi connectivity index (χ1v) is 5.66. The molecule has 1 aromatic rings. The molecule has 0 aliphatic carbocycles. The molecule has 0 amide bonds. The highest BCUT2D eigenvalue weighted by molar-refractivity contribution is 7.07. The molecule has 15 heavy (non-hydrogen) atoms. The van der Waals surface area contributed by atoms with Crippen LogP contribution >= 0.6 is 11.3 Å². The molecule has 2 heteroatoms. The van der Waals surface area contributed by atoms with E-state index in [1.165, 1.54) is 0 Å². The van der Waals surface area contributed by atoms with Gasteiger partial charge < -0.3 is 0 Å². The average molecular weight is 220 g/mol. The van der Waals surface area contributed by atoms with E-state index >= 15 is 0 Å². The number of hydrogen-bond donors (Lipinski definition) is 0. The highest BCUT2D eigenvalue weighted by atomic mass is 32.1. The topological polar surface area (TPSA) is 17.1 Å². The van der Waals surface area contributed by atoms with Gasteiger partial charge in [0.05, 0.1) is 0 Å². The summed E-state index contributed by atoms with van der Waals surface area (Å²) in [5.74, 6) is 0.106. The quantitative estimate of drug-likeness (QED) is 0.553. The third kappa shape index (κ3) is 6.63. The first-order valence-electron chi connectivity index (χ1n) is 4.71. The molecule has 0 aromatic carbocycles. The fraction of sp³-hybridized carbons (Fsp3) is 0.154. The summed E-state index contributed by atoms with van der Waals surface area (Å²) in [6.45, 7) is 8.82. The van der Waals surface area contributed by atoms with Crippen molar-refractivity contribution in [3.05, 3.63) is 59.9 Å². The Hall–Kier alpha value is -1.41. The second-order valence-electron chi connectivity index (χ2n) is 2.63. The number of allylic oxidation sites excluding steroid dienone is 4. The van der Waals surface area contributed by atoms with Crippen LogP contribution in [0.3, 0.4) is 0 Å². The van der Waals surface area contributed by atoms with Crippen molar-refractivity contribution in [1.82, 2.24) is 0 Å². The molecule has 0 unspecified atom stereocenters. The van der Waals surface area contributed by atoms with Crippen LogP contribution < -0.4 is 0 Å². The fourth-order valence-electron chi connectivity index (χ4n) is 0.833.